The molecule has 2 bridgehead atoms. The van der Waals surface area contributed by atoms with Crippen molar-refractivity contribution < 1.29 is 14.6 Å². The highest BCUT2D eigenvalue weighted by Gasteiger charge is 2.57. The average molecular weight is 260 g/mol. The third-order valence-corrected chi connectivity index (χ3v) is 4.88. The van der Waals surface area contributed by atoms with Crippen LogP contribution in [0.5, 0.6) is 0 Å². The molecule has 3 rings (SSSR count). The molecule has 2 heterocycles. The maximum absolute atomic E-state index is 11.9. The van der Waals surface area contributed by atoms with Crippen molar-refractivity contribution in [3.05, 3.63) is 34.9 Å². The number of aryl methyl sites for hydroxylation is 2. The van der Waals surface area contributed by atoms with Crippen molar-refractivity contribution >= 4 is 5.97 Å². The van der Waals surface area contributed by atoms with E-state index in [1.807, 2.05) is 6.07 Å². The van der Waals surface area contributed by atoms with E-state index >= 15 is 0 Å². The fourth-order valence-corrected chi connectivity index (χ4v) is 3.73. The third kappa shape index (κ3) is 1.88. The van der Waals surface area contributed by atoms with Crippen molar-refractivity contribution in [3.8, 4) is 0 Å². The second kappa shape index (κ2) is 4.34. The molecule has 3 heteroatoms. The first kappa shape index (κ1) is 12.7. The van der Waals surface area contributed by atoms with Gasteiger partial charge in [-0.2, -0.15) is 0 Å². The molecular weight excluding hydrogens is 240 g/mol. The van der Waals surface area contributed by atoms with Crippen LogP contribution >= 0.6 is 0 Å². The number of benzene rings is 1. The van der Waals surface area contributed by atoms with Gasteiger partial charge in [-0.3, -0.25) is 4.79 Å². The molecule has 102 valence electrons. The Morgan fingerprint density at radius 3 is 2.53 bits per heavy atom. The van der Waals surface area contributed by atoms with Crippen LogP contribution in [0.15, 0.2) is 18.2 Å². The van der Waals surface area contributed by atoms with Gasteiger partial charge in [-0.05, 0) is 56.2 Å². The van der Waals surface area contributed by atoms with Crippen LogP contribution in [0.25, 0.3) is 0 Å². The predicted molar refractivity (Wildman–Crippen MR) is 72.2 cm³/mol. The molecule has 1 aromatic carbocycles. The monoisotopic (exact) mass is 260 g/mol. The van der Waals surface area contributed by atoms with Crippen LogP contribution in [-0.2, 0) is 16.0 Å². The molecule has 2 aliphatic rings. The van der Waals surface area contributed by atoms with Gasteiger partial charge in [0.1, 0.15) is 5.41 Å². The highest BCUT2D eigenvalue weighted by atomic mass is 16.5. The van der Waals surface area contributed by atoms with Crippen LogP contribution in [0.2, 0.25) is 0 Å². The number of carbonyl (C=O) groups is 1. The molecule has 3 unspecified atom stereocenters. The lowest BCUT2D eigenvalue weighted by atomic mass is 9.69. The van der Waals surface area contributed by atoms with Crippen molar-refractivity contribution in [2.24, 2.45) is 5.41 Å². The third-order valence-electron chi connectivity index (χ3n) is 4.88. The summed E-state index contributed by atoms with van der Waals surface area (Å²) in [5.74, 6) is -0.692. The van der Waals surface area contributed by atoms with Crippen molar-refractivity contribution in [2.75, 3.05) is 0 Å². The topological polar surface area (TPSA) is 46.5 Å². The summed E-state index contributed by atoms with van der Waals surface area (Å²) in [5.41, 5.74) is 2.84. The van der Waals surface area contributed by atoms with Gasteiger partial charge in [-0.25, -0.2) is 0 Å². The Bertz CT molecular complexity index is 502. The average Bonchev–Trinajstić information content (AvgIpc) is 2.94. The van der Waals surface area contributed by atoms with Crippen molar-refractivity contribution in [1.82, 2.24) is 0 Å². The second-order valence-electron chi connectivity index (χ2n) is 6.04. The van der Waals surface area contributed by atoms with Crippen LogP contribution in [0, 0.1) is 19.3 Å². The first-order valence-electron chi connectivity index (χ1n) is 6.97. The fraction of sp³-hybridized carbons (Fsp3) is 0.562. The second-order valence-corrected chi connectivity index (χ2v) is 6.04. The van der Waals surface area contributed by atoms with Gasteiger partial charge >= 0.3 is 5.97 Å². The Balaban J connectivity index is 1.98. The first-order valence-corrected chi connectivity index (χ1v) is 6.97. The zero-order chi connectivity index (χ0) is 13.6. The van der Waals surface area contributed by atoms with Crippen LogP contribution in [0.1, 0.15) is 36.0 Å². The van der Waals surface area contributed by atoms with Crippen molar-refractivity contribution in [1.29, 1.82) is 0 Å². The molecule has 19 heavy (non-hydrogen) atoms. The number of ether oxygens (including phenoxy) is 1. The minimum atomic E-state index is -0.709. The molecule has 2 aliphatic heterocycles. The molecule has 0 amide bonds. The standard InChI is InChI=1S/C16H20O3/c1-10-4-3-5-11(2)13(10)9-16(15(17)18)8-12-6-7-14(16)19-12/h3-5,12,14H,6-9H2,1-2H3,(H,17,18). The Morgan fingerprint density at radius 1 is 1.37 bits per heavy atom. The smallest absolute Gasteiger partial charge is 0.312 e. The molecule has 1 N–H and O–H groups in total. The van der Waals surface area contributed by atoms with E-state index in [2.05, 4.69) is 26.0 Å². The van der Waals surface area contributed by atoms with E-state index in [0.29, 0.717) is 12.8 Å². The highest BCUT2D eigenvalue weighted by Crippen LogP contribution is 2.50. The molecule has 2 fully saturated rings. The number of rotatable bonds is 3. The van der Waals surface area contributed by atoms with Crippen LogP contribution in [-0.4, -0.2) is 23.3 Å². The summed E-state index contributed by atoms with van der Waals surface area (Å²) in [6, 6.07) is 6.15. The van der Waals surface area contributed by atoms with Gasteiger partial charge in [0.25, 0.3) is 0 Å². The Morgan fingerprint density at radius 2 is 2.05 bits per heavy atom. The van der Waals surface area contributed by atoms with Gasteiger partial charge in [-0.1, -0.05) is 18.2 Å². The summed E-state index contributed by atoms with van der Waals surface area (Å²) in [6.07, 6.45) is 3.23. The van der Waals surface area contributed by atoms with E-state index in [4.69, 9.17) is 4.74 Å². The summed E-state index contributed by atoms with van der Waals surface area (Å²) >= 11 is 0. The summed E-state index contributed by atoms with van der Waals surface area (Å²) in [4.78, 5) is 11.9. The summed E-state index contributed by atoms with van der Waals surface area (Å²) < 4.78 is 5.82. The van der Waals surface area contributed by atoms with E-state index in [1.165, 1.54) is 16.7 Å². The lowest BCUT2D eigenvalue weighted by Crippen LogP contribution is -2.42. The normalized spacial score (nSPS) is 32.7. The summed E-state index contributed by atoms with van der Waals surface area (Å²) in [6.45, 7) is 4.12. The van der Waals surface area contributed by atoms with Crippen LogP contribution in [0.4, 0.5) is 0 Å². The Kier molecular flexibility index (Phi) is 2.90. The van der Waals surface area contributed by atoms with E-state index in [9.17, 15) is 9.90 Å². The maximum atomic E-state index is 11.9. The van der Waals surface area contributed by atoms with Gasteiger partial charge in [-0.15, -0.1) is 0 Å². The SMILES string of the molecule is Cc1cccc(C)c1CC1(C(=O)O)CC2CCC1O2. The molecule has 0 aliphatic carbocycles. The first-order chi connectivity index (χ1) is 9.03. The molecular formula is C16H20O3. The van der Waals surface area contributed by atoms with E-state index < -0.39 is 11.4 Å². The molecule has 1 aromatic rings. The lowest BCUT2D eigenvalue weighted by Gasteiger charge is -2.32. The molecule has 0 aromatic heterocycles. The fourth-order valence-electron chi connectivity index (χ4n) is 3.73. The van der Waals surface area contributed by atoms with Gasteiger partial charge in [0.2, 0.25) is 0 Å². The van der Waals surface area contributed by atoms with E-state index in [0.717, 1.165) is 12.8 Å². The zero-order valence-corrected chi connectivity index (χ0v) is 11.5. The number of carboxylic acids is 1. The molecule has 0 spiro atoms. The van der Waals surface area contributed by atoms with Crippen LogP contribution in [0.3, 0.4) is 0 Å². The largest absolute Gasteiger partial charge is 0.481 e. The minimum absolute atomic E-state index is 0.103. The molecule has 0 saturated carbocycles. The van der Waals surface area contributed by atoms with Crippen molar-refractivity contribution in [2.45, 2.75) is 51.7 Å². The van der Waals surface area contributed by atoms with Crippen molar-refractivity contribution in [3.63, 3.8) is 0 Å². The predicted octanol–water partition coefficient (Wildman–Crippen LogP) is 2.87. The van der Waals surface area contributed by atoms with E-state index in [1.54, 1.807) is 0 Å². The maximum Gasteiger partial charge on any atom is 0.312 e. The number of fused-ring (bicyclic) bond motifs is 2. The van der Waals surface area contributed by atoms with Gasteiger partial charge < -0.3 is 9.84 Å². The molecule has 0 radical (unpaired) electrons. The number of hydrogen-bond donors (Lipinski definition) is 1. The van der Waals surface area contributed by atoms with Crippen LogP contribution < -0.4 is 0 Å². The Labute approximate surface area is 113 Å². The summed E-state index contributed by atoms with van der Waals surface area (Å²) in [7, 11) is 0. The summed E-state index contributed by atoms with van der Waals surface area (Å²) in [5, 5.41) is 9.75. The highest BCUT2D eigenvalue weighted by molar-refractivity contribution is 5.77. The molecule has 3 nitrogen and oxygen atoms in total. The van der Waals surface area contributed by atoms with E-state index in [-0.39, 0.29) is 12.2 Å². The Hall–Kier alpha value is -1.35. The lowest BCUT2D eigenvalue weighted by molar-refractivity contribution is -0.152. The number of carboxylic acid groups (broad SMARTS) is 1. The minimum Gasteiger partial charge on any atom is -0.481 e. The molecule has 3 atom stereocenters. The van der Waals surface area contributed by atoms with Gasteiger partial charge in [0, 0.05) is 0 Å². The van der Waals surface area contributed by atoms with Gasteiger partial charge in [0.15, 0.2) is 0 Å². The quantitative estimate of drug-likeness (QED) is 0.909. The molecule has 2 saturated heterocycles. The number of aliphatic carboxylic acids is 1. The number of hydrogen-bond acceptors (Lipinski definition) is 2. The van der Waals surface area contributed by atoms with Gasteiger partial charge in [0.05, 0.1) is 12.2 Å². The zero-order valence-electron chi connectivity index (χ0n) is 11.5.